The van der Waals surface area contributed by atoms with Gasteiger partial charge in [-0.1, -0.05) is 34.1 Å². The third kappa shape index (κ3) is 4.45. The van der Waals surface area contributed by atoms with Gasteiger partial charge in [-0.3, -0.25) is 4.79 Å². The molecule has 2 aromatic carbocycles. The molecule has 3 aromatic rings. The summed E-state index contributed by atoms with van der Waals surface area (Å²) < 4.78 is 8.18. The Hall–Kier alpha value is -2.60. The Morgan fingerprint density at radius 3 is 2.62 bits per heavy atom. The van der Waals surface area contributed by atoms with Crippen molar-refractivity contribution in [1.82, 2.24) is 15.1 Å². The predicted octanol–water partition coefficient (Wildman–Crippen LogP) is 3.33. The summed E-state index contributed by atoms with van der Waals surface area (Å²) in [5.74, 6) is 0.482. The van der Waals surface area contributed by atoms with Gasteiger partial charge in [0.05, 0.1) is 11.9 Å². The highest BCUT2D eigenvalue weighted by molar-refractivity contribution is 9.10. The van der Waals surface area contributed by atoms with Crippen LogP contribution in [0.2, 0.25) is 0 Å². The lowest BCUT2D eigenvalue weighted by Crippen LogP contribution is -2.28. The molecule has 6 heteroatoms. The van der Waals surface area contributed by atoms with Crippen LogP contribution in [0.3, 0.4) is 0 Å². The molecule has 0 aliphatic rings. The van der Waals surface area contributed by atoms with Crippen molar-refractivity contribution in [2.75, 3.05) is 6.61 Å². The molecule has 1 amide bonds. The molecule has 0 aliphatic carbocycles. The van der Waals surface area contributed by atoms with Crippen LogP contribution in [0.15, 0.2) is 71.5 Å². The summed E-state index contributed by atoms with van der Waals surface area (Å²) in [5.41, 5.74) is 1.91. The lowest BCUT2D eigenvalue weighted by Gasteiger charge is -2.06. The lowest BCUT2D eigenvalue weighted by molar-refractivity contribution is -0.123. The van der Waals surface area contributed by atoms with E-state index >= 15 is 0 Å². The summed E-state index contributed by atoms with van der Waals surface area (Å²) in [6.45, 7) is 0.393. The average Bonchev–Trinajstić information content (AvgIpc) is 3.09. The number of ether oxygens (including phenoxy) is 1. The van der Waals surface area contributed by atoms with Crippen LogP contribution in [0, 0.1) is 0 Å². The van der Waals surface area contributed by atoms with Crippen molar-refractivity contribution in [2.24, 2.45) is 0 Å². The normalized spacial score (nSPS) is 10.4. The number of amides is 1. The summed E-state index contributed by atoms with van der Waals surface area (Å²) in [6.07, 6.45) is 3.63. The summed E-state index contributed by atoms with van der Waals surface area (Å²) in [5, 5.41) is 7.11. The minimum absolute atomic E-state index is 0.0194. The van der Waals surface area contributed by atoms with E-state index in [9.17, 15) is 4.79 Å². The number of aromatic nitrogens is 2. The molecule has 0 bridgehead atoms. The van der Waals surface area contributed by atoms with Crippen LogP contribution < -0.4 is 10.1 Å². The maximum Gasteiger partial charge on any atom is 0.258 e. The van der Waals surface area contributed by atoms with Crippen LogP contribution in [-0.4, -0.2) is 22.3 Å². The van der Waals surface area contributed by atoms with E-state index in [4.69, 9.17) is 4.74 Å². The number of carbonyl (C=O) groups excluding carboxylic acids is 1. The highest BCUT2D eigenvalue weighted by atomic mass is 79.9. The maximum absolute atomic E-state index is 11.9. The molecule has 122 valence electrons. The summed E-state index contributed by atoms with van der Waals surface area (Å²) in [4.78, 5) is 11.9. The maximum atomic E-state index is 11.9. The number of hydrogen-bond acceptors (Lipinski definition) is 3. The Labute approximate surface area is 148 Å². The molecule has 0 spiro atoms. The number of nitrogens with zero attached hydrogens (tertiary/aromatic N) is 2. The molecule has 3 rings (SSSR count). The summed E-state index contributed by atoms with van der Waals surface area (Å²) >= 11 is 3.35. The topological polar surface area (TPSA) is 56.1 Å². The molecule has 0 unspecified atom stereocenters. The smallest absolute Gasteiger partial charge is 0.258 e. The first-order valence-corrected chi connectivity index (χ1v) is 8.24. The number of nitrogens with one attached hydrogen (secondary N) is 1. The lowest BCUT2D eigenvalue weighted by atomic mass is 10.3. The Balaban J connectivity index is 1.48. The van der Waals surface area contributed by atoms with Gasteiger partial charge < -0.3 is 10.1 Å². The molecule has 0 saturated carbocycles. The van der Waals surface area contributed by atoms with Gasteiger partial charge in [-0.2, -0.15) is 5.10 Å². The highest BCUT2D eigenvalue weighted by Gasteiger charge is 2.05. The van der Waals surface area contributed by atoms with Gasteiger partial charge >= 0.3 is 0 Å². The molecular formula is C18H16BrN3O2. The number of halogens is 1. The first-order valence-electron chi connectivity index (χ1n) is 7.45. The molecule has 1 N–H and O–H groups in total. The van der Waals surface area contributed by atoms with Gasteiger partial charge in [-0.25, -0.2) is 4.68 Å². The average molecular weight is 386 g/mol. The predicted molar refractivity (Wildman–Crippen MR) is 95.0 cm³/mol. The van der Waals surface area contributed by atoms with Crippen LogP contribution in [0.1, 0.15) is 5.56 Å². The van der Waals surface area contributed by atoms with Crippen LogP contribution in [0.4, 0.5) is 0 Å². The largest absolute Gasteiger partial charge is 0.484 e. The van der Waals surface area contributed by atoms with Crippen molar-refractivity contribution < 1.29 is 9.53 Å². The Kier molecular flexibility index (Phi) is 5.28. The standard InChI is InChI=1S/C18H16BrN3O2/c19-15-6-8-17(9-7-15)24-13-18(23)20-10-14-11-21-22(12-14)16-4-2-1-3-5-16/h1-9,11-12H,10,13H2,(H,20,23). The van der Waals surface area contributed by atoms with Crippen molar-refractivity contribution in [3.05, 3.63) is 77.0 Å². The van der Waals surface area contributed by atoms with Gasteiger partial charge in [0.1, 0.15) is 5.75 Å². The highest BCUT2D eigenvalue weighted by Crippen LogP contribution is 2.15. The van der Waals surface area contributed by atoms with Crippen molar-refractivity contribution in [3.63, 3.8) is 0 Å². The van der Waals surface area contributed by atoms with Crippen molar-refractivity contribution in [1.29, 1.82) is 0 Å². The van der Waals surface area contributed by atoms with E-state index in [1.54, 1.807) is 23.0 Å². The van der Waals surface area contributed by atoms with Crippen LogP contribution in [-0.2, 0) is 11.3 Å². The second-order valence-electron chi connectivity index (χ2n) is 5.15. The molecule has 0 fully saturated rings. The number of benzene rings is 2. The zero-order chi connectivity index (χ0) is 16.8. The molecule has 1 heterocycles. The van der Waals surface area contributed by atoms with Gasteiger partial charge in [0.25, 0.3) is 5.91 Å². The van der Waals surface area contributed by atoms with Crippen LogP contribution >= 0.6 is 15.9 Å². The minimum Gasteiger partial charge on any atom is -0.484 e. The molecule has 5 nitrogen and oxygen atoms in total. The van der Waals surface area contributed by atoms with Crippen molar-refractivity contribution >= 4 is 21.8 Å². The Morgan fingerprint density at radius 2 is 1.88 bits per heavy atom. The number of carbonyl (C=O) groups is 1. The number of hydrogen-bond donors (Lipinski definition) is 1. The summed E-state index contributed by atoms with van der Waals surface area (Å²) in [7, 11) is 0. The van der Waals surface area contributed by atoms with Gasteiger partial charge in [-0.15, -0.1) is 0 Å². The first-order chi connectivity index (χ1) is 11.7. The zero-order valence-corrected chi connectivity index (χ0v) is 14.4. The molecule has 24 heavy (non-hydrogen) atoms. The first kappa shape index (κ1) is 16.3. The number of para-hydroxylation sites is 1. The van der Waals surface area contributed by atoms with Crippen molar-refractivity contribution in [2.45, 2.75) is 6.54 Å². The van der Waals surface area contributed by atoms with E-state index in [0.717, 1.165) is 15.7 Å². The third-order valence-corrected chi connectivity index (χ3v) is 3.86. The quantitative estimate of drug-likeness (QED) is 0.707. The van der Waals surface area contributed by atoms with E-state index in [0.29, 0.717) is 12.3 Å². The van der Waals surface area contributed by atoms with Gasteiger partial charge in [0.2, 0.25) is 0 Å². The number of rotatable bonds is 6. The van der Waals surface area contributed by atoms with Gasteiger partial charge in [0, 0.05) is 22.8 Å². The van der Waals surface area contributed by atoms with Crippen LogP contribution in [0.5, 0.6) is 5.75 Å². The van der Waals surface area contributed by atoms with E-state index in [1.165, 1.54) is 0 Å². The molecule has 0 aliphatic heterocycles. The second-order valence-corrected chi connectivity index (χ2v) is 6.06. The SMILES string of the molecule is O=C(COc1ccc(Br)cc1)NCc1cnn(-c2ccccc2)c1. The van der Waals surface area contributed by atoms with E-state index in [1.807, 2.05) is 48.7 Å². The second kappa shape index (κ2) is 7.79. The summed E-state index contributed by atoms with van der Waals surface area (Å²) in [6, 6.07) is 17.2. The molecule has 0 radical (unpaired) electrons. The van der Waals surface area contributed by atoms with Crippen molar-refractivity contribution in [3.8, 4) is 11.4 Å². The van der Waals surface area contributed by atoms with Gasteiger partial charge in [-0.05, 0) is 36.4 Å². The van der Waals surface area contributed by atoms with E-state index < -0.39 is 0 Å². The Morgan fingerprint density at radius 1 is 1.12 bits per heavy atom. The monoisotopic (exact) mass is 385 g/mol. The zero-order valence-electron chi connectivity index (χ0n) is 12.9. The molecule has 0 saturated heterocycles. The van der Waals surface area contributed by atoms with Gasteiger partial charge in [0.15, 0.2) is 6.61 Å². The fraction of sp³-hybridized carbons (Fsp3) is 0.111. The fourth-order valence-electron chi connectivity index (χ4n) is 2.10. The van der Waals surface area contributed by atoms with E-state index in [2.05, 4.69) is 26.3 Å². The molecule has 1 aromatic heterocycles. The molecule has 0 atom stereocenters. The third-order valence-electron chi connectivity index (χ3n) is 3.33. The molecular weight excluding hydrogens is 370 g/mol. The Bertz CT molecular complexity index is 801. The fourth-order valence-corrected chi connectivity index (χ4v) is 2.37. The van der Waals surface area contributed by atoms with E-state index in [-0.39, 0.29) is 12.5 Å². The minimum atomic E-state index is -0.176. The van der Waals surface area contributed by atoms with Crippen LogP contribution in [0.25, 0.3) is 5.69 Å².